The minimum Gasteiger partial charge on any atom is -0.465 e. The third kappa shape index (κ3) is 3.09. The SMILES string of the molecule is CCC(C)(C)C1CCc2c(sc3c2C(=O)NC(/C=C/c2ccco2)N3)C1. The van der Waals surface area contributed by atoms with Crippen molar-refractivity contribution in [2.75, 3.05) is 5.32 Å². The highest BCUT2D eigenvalue weighted by atomic mass is 32.1. The number of amides is 1. The zero-order chi connectivity index (χ0) is 18.3. The van der Waals surface area contributed by atoms with Crippen LogP contribution in [0.3, 0.4) is 0 Å². The Morgan fingerprint density at radius 2 is 2.23 bits per heavy atom. The molecule has 4 nitrogen and oxygen atoms in total. The standard InChI is InChI=1S/C21H26N2O2S/c1-4-21(2,3)13-7-9-15-16(12-13)26-20-18(15)19(24)22-17(23-20)10-8-14-6-5-11-25-14/h5-6,8,10-11,13,17,23H,4,7,9,12H2,1-3H3,(H,22,24)/b10-8+. The van der Waals surface area contributed by atoms with E-state index < -0.39 is 0 Å². The maximum absolute atomic E-state index is 12.7. The molecule has 2 aliphatic rings. The predicted molar refractivity (Wildman–Crippen MR) is 107 cm³/mol. The van der Waals surface area contributed by atoms with E-state index in [1.54, 1.807) is 17.6 Å². The number of hydrogen-bond donors (Lipinski definition) is 2. The Kier molecular flexibility index (Phi) is 4.43. The van der Waals surface area contributed by atoms with Crippen molar-refractivity contribution in [3.05, 3.63) is 46.2 Å². The number of carbonyl (C=O) groups excluding carboxylic acids is 1. The van der Waals surface area contributed by atoms with Gasteiger partial charge >= 0.3 is 0 Å². The number of furan rings is 1. The molecule has 2 aromatic rings. The normalized spacial score (nSPS) is 22.7. The van der Waals surface area contributed by atoms with Gasteiger partial charge in [0.2, 0.25) is 0 Å². The van der Waals surface area contributed by atoms with Gasteiger partial charge in [0.25, 0.3) is 5.91 Å². The van der Waals surface area contributed by atoms with Gasteiger partial charge in [0, 0.05) is 4.88 Å². The van der Waals surface area contributed by atoms with Crippen molar-refractivity contribution in [3.8, 4) is 0 Å². The molecule has 1 aliphatic heterocycles. The molecule has 1 aliphatic carbocycles. The van der Waals surface area contributed by atoms with Crippen molar-refractivity contribution in [1.29, 1.82) is 0 Å². The van der Waals surface area contributed by atoms with Crippen molar-refractivity contribution in [2.24, 2.45) is 11.3 Å². The van der Waals surface area contributed by atoms with Gasteiger partial charge in [-0.05, 0) is 60.4 Å². The van der Waals surface area contributed by atoms with Gasteiger partial charge in [0.05, 0.1) is 11.8 Å². The summed E-state index contributed by atoms with van der Waals surface area (Å²) in [5.74, 6) is 1.51. The molecule has 1 amide bonds. The third-order valence-corrected chi connectivity index (χ3v) is 7.26. The average molecular weight is 371 g/mol. The summed E-state index contributed by atoms with van der Waals surface area (Å²) in [6.07, 6.45) is 9.72. The zero-order valence-corrected chi connectivity index (χ0v) is 16.4. The smallest absolute Gasteiger partial charge is 0.256 e. The molecule has 0 bridgehead atoms. The second-order valence-electron chi connectivity index (χ2n) is 7.96. The predicted octanol–water partition coefficient (Wildman–Crippen LogP) is 5.08. The quantitative estimate of drug-likeness (QED) is 0.789. The van der Waals surface area contributed by atoms with Crippen molar-refractivity contribution in [2.45, 2.75) is 52.6 Å². The first-order chi connectivity index (χ1) is 12.5. The molecule has 5 heteroatoms. The van der Waals surface area contributed by atoms with Crippen LogP contribution in [-0.4, -0.2) is 12.1 Å². The topological polar surface area (TPSA) is 54.3 Å². The zero-order valence-electron chi connectivity index (χ0n) is 15.6. The summed E-state index contributed by atoms with van der Waals surface area (Å²) in [6, 6.07) is 3.75. The molecular weight excluding hydrogens is 344 g/mol. The first-order valence-corrected chi connectivity index (χ1v) is 10.2. The molecule has 2 N–H and O–H groups in total. The van der Waals surface area contributed by atoms with Crippen LogP contribution in [0.4, 0.5) is 5.00 Å². The minimum atomic E-state index is -0.205. The number of carbonyl (C=O) groups is 1. The Balaban J connectivity index is 1.56. The van der Waals surface area contributed by atoms with Gasteiger partial charge in [-0.2, -0.15) is 0 Å². The van der Waals surface area contributed by atoms with Gasteiger partial charge in [-0.1, -0.05) is 27.2 Å². The highest BCUT2D eigenvalue weighted by Gasteiger charge is 2.36. The molecule has 0 saturated heterocycles. The Hall–Kier alpha value is -2.01. The summed E-state index contributed by atoms with van der Waals surface area (Å²) in [4.78, 5) is 14.1. The number of thiophene rings is 1. The lowest BCUT2D eigenvalue weighted by molar-refractivity contribution is 0.0942. The fraction of sp³-hybridized carbons (Fsp3) is 0.476. The summed E-state index contributed by atoms with van der Waals surface area (Å²) in [5, 5.41) is 7.54. The molecule has 26 heavy (non-hydrogen) atoms. The van der Waals surface area contributed by atoms with Gasteiger partial charge < -0.3 is 15.1 Å². The van der Waals surface area contributed by atoms with Crippen LogP contribution in [0, 0.1) is 11.3 Å². The summed E-state index contributed by atoms with van der Waals surface area (Å²) in [5.41, 5.74) is 2.50. The Labute approximate surface area is 158 Å². The van der Waals surface area contributed by atoms with Crippen LogP contribution in [-0.2, 0) is 12.8 Å². The maximum atomic E-state index is 12.7. The van der Waals surface area contributed by atoms with E-state index >= 15 is 0 Å². The highest BCUT2D eigenvalue weighted by molar-refractivity contribution is 7.16. The molecule has 0 saturated carbocycles. The van der Waals surface area contributed by atoms with E-state index in [2.05, 4.69) is 31.4 Å². The summed E-state index contributed by atoms with van der Waals surface area (Å²) in [6.45, 7) is 7.02. The molecule has 0 aromatic carbocycles. The summed E-state index contributed by atoms with van der Waals surface area (Å²) >= 11 is 1.77. The first-order valence-electron chi connectivity index (χ1n) is 9.41. The molecule has 2 aromatic heterocycles. The Bertz CT molecular complexity index is 833. The van der Waals surface area contributed by atoms with E-state index in [1.807, 2.05) is 24.3 Å². The molecular formula is C21H26N2O2S. The van der Waals surface area contributed by atoms with Gasteiger partial charge in [0.1, 0.15) is 16.9 Å². The van der Waals surface area contributed by atoms with E-state index in [9.17, 15) is 4.79 Å². The number of rotatable bonds is 4. The highest BCUT2D eigenvalue weighted by Crippen LogP contribution is 2.46. The molecule has 3 heterocycles. The van der Waals surface area contributed by atoms with Crippen LogP contribution < -0.4 is 10.6 Å². The van der Waals surface area contributed by atoms with Crippen LogP contribution in [0.15, 0.2) is 28.9 Å². The Morgan fingerprint density at radius 1 is 1.38 bits per heavy atom. The van der Waals surface area contributed by atoms with Crippen LogP contribution in [0.5, 0.6) is 0 Å². The largest absolute Gasteiger partial charge is 0.465 e. The second-order valence-corrected chi connectivity index (χ2v) is 9.06. The molecule has 0 fully saturated rings. The van der Waals surface area contributed by atoms with Crippen LogP contribution in [0.1, 0.15) is 60.2 Å². The monoisotopic (exact) mass is 370 g/mol. The maximum Gasteiger partial charge on any atom is 0.256 e. The van der Waals surface area contributed by atoms with E-state index in [-0.39, 0.29) is 12.1 Å². The van der Waals surface area contributed by atoms with Crippen molar-refractivity contribution < 1.29 is 9.21 Å². The summed E-state index contributed by atoms with van der Waals surface area (Å²) < 4.78 is 5.32. The van der Waals surface area contributed by atoms with Gasteiger partial charge in [-0.25, -0.2) is 0 Å². The summed E-state index contributed by atoms with van der Waals surface area (Å²) in [7, 11) is 0. The fourth-order valence-electron chi connectivity index (χ4n) is 3.95. The van der Waals surface area contributed by atoms with Crippen molar-refractivity contribution >= 4 is 28.3 Å². The number of fused-ring (bicyclic) bond motifs is 3. The first kappa shape index (κ1) is 17.4. The molecule has 138 valence electrons. The minimum absolute atomic E-state index is 0.0403. The van der Waals surface area contributed by atoms with Crippen LogP contribution >= 0.6 is 11.3 Å². The van der Waals surface area contributed by atoms with Crippen LogP contribution in [0.25, 0.3) is 6.08 Å². The number of nitrogens with one attached hydrogen (secondary N) is 2. The molecule has 0 spiro atoms. The molecule has 4 rings (SSSR count). The Morgan fingerprint density at radius 3 is 2.96 bits per heavy atom. The lowest BCUT2D eigenvalue weighted by Gasteiger charge is -2.36. The van der Waals surface area contributed by atoms with Gasteiger partial charge in [0.15, 0.2) is 0 Å². The lowest BCUT2D eigenvalue weighted by Crippen LogP contribution is -2.43. The van der Waals surface area contributed by atoms with Crippen LogP contribution in [0.2, 0.25) is 0 Å². The van der Waals surface area contributed by atoms with Crippen molar-refractivity contribution in [3.63, 3.8) is 0 Å². The second kappa shape index (κ2) is 6.62. The number of anilines is 1. The van der Waals surface area contributed by atoms with Gasteiger partial charge in [-0.15, -0.1) is 11.3 Å². The fourth-order valence-corrected chi connectivity index (χ4v) is 5.31. The van der Waals surface area contributed by atoms with Crippen molar-refractivity contribution in [1.82, 2.24) is 5.32 Å². The molecule has 2 atom stereocenters. The van der Waals surface area contributed by atoms with E-state index in [0.717, 1.165) is 29.2 Å². The number of hydrogen-bond acceptors (Lipinski definition) is 4. The average Bonchev–Trinajstić information content (AvgIpc) is 3.26. The lowest BCUT2D eigenvalue weighted by atomic mass is 9.69. The molecule has 0 radical (unpaired) electrons. The van der Waals surface area contributed by atoms with Gasteiger partial charge in [-0.3, -0.25) is 4.79 Å². The van der Waals surface area contributed by atoms with E-state index in [0.29, 0.717) is 11.3 Å². The molecule has 2 unspecified atom stereocenters. The third-order valence-electron chi connectivity index (χ3n) is 6.08. The van der Waals surface area contributed by atoms with E-state index in [1.165, 1.54) is 23.3 Å². The van der Waals surface area contributed by atoms with E-state index in [4.69, 9.17) is 4.42 Å².